The quantitative estimate of drug-likeness (QED) is 0.203. The van der Waals surface area contributed by atoms with Gasteiger partial charge in [0.25, 0.3) is 13.4 Å². The predicted molar refractivity (Wildman–Crippen MR) is 119 cm³/mol. The number of hydrogen-bond acceptors (Lipinski definition) is 13. The molecule has 0 aliphatic carbocycles. The van der Waals surface area contributed by atoms with Gasteiger partial charge in [0.15, 0.2) is 6.29 Å². The van der Waals surface area contributed by atoms with Crippen LogP contribution in [0.3, 0.4) is 0 Å². The van der Waals surface area contributed by atoms with Crippen LogP contribution in [0.1, 0.15) is 38.5 Å². The number of aliphatic hydroxyl groups excluding tert-OH is 2. The van der Waals surface area contributed by atoms with Gasteiger partial charge >= 0.3 is 13.5 Å². The van der Waals surface area contributed by atoms with Gasteiger partial charge in [-0.3, -0.25) is 32.8 Å². The molecule has 210 valence electrons. The number of nitrogens with one attached hydrogen (secondary N) is 2. The molecule has 2 saturated heterocycles. The average Bonchev–Trinajstić information content (AvgIpc) is 3.11. The van der Waals surface area contributed by atoms with Crippen molar-refractivity contribution in [2.75, 3.05) is 6.61 Å². The van der Waals surface area contributed by atoms with E-state index >= 15 is 0 Å². The fourth-order valence-corrected chi connectivity index (χ4v) is 5.96. The van der Waals surface area contributed by atoms with Crippen molar-refractivity contribution in [3.05, 3.63) is 32.6 Å². The van der Waals surface area contributed by atoms with Crippen molar-refractivity contribution in [3.8, 4) is 0 Å². The van der Waals surface area contributed by atoms with E-state index in [0.717, 1.165) is 4.57 Å². The number of aromatic nitrogens is 2. The molecule has 3 heterocycles. The van der Waals surface area contributed by atoms with Crippen LogP contribution < -0.4 is 21.5 Å². The Balaban J connectivity index is 1.59. The van der Waals surface area contributed by atoms with Gasteiger partial charge in [0.2, 0.25) is 5.91 Å². The highest BCUT2D eigenvalue weighted by molar-refractivity contribution is 7.60. The molecule has 2 fully saturated rings. The summed E-state index contributed by atoms with van der Waals surface area (Å²) in [4.78, 5) is 59.0. The third-order valence-electron chi connectivity index (χ3n) is 5.53. The van der Waals surface area contributed by atoms with Crippen molar-refractivity contribution in [2.45, 2.75) is 76.6 Å². The molecular weight excluding hydrogens is 544 g/mol. The summed E-state index contributed by atoms with van der Waals surface area (Å²) in [5.74, 6) is -0.495. The summed E-state index contributed by atoms with van der Waals surface area (Å²) in [5, 5.41) is 22.9. The Hall–Kier alpha value is -1.75. The molecule has 3 rings (SSSR count). The molecule has 0 spiro atoms. The van der Waals surface area contributed by atoms with Crippen LogP contribution in [0.2, 0.25) is 0 Å². The zero-order chi connectivity index (χ0) is 27.7. The maximum Gasteiger partial charge on any atom is 0.478 e. The van der Waals surface area contributed by atoms with Crippen LogP contribution in [0.5, 0.6) is 0 Å². The SMILES string of the molecule is CC(=O)N[C@H]1CC(C)O[C@H](OP(=O)([O-])OP(=O)(O)OC[C@H]2O[C@@H](n3cc(C)c(=O)[nH]c3=O)C[C@H]2O)C1O. The molecule has 1 aromatic heterocycles. The number of rotatable bonds is 9. The first-order valence-electron chi connectivity index (χ1n) is 11.0. The van der Waals surface area contributed by atoms with Crippen molar-refractivity contribution < 1.29 is 56.8 Å². The van der Waals surface area contributed by atoms with E-state index in [9.17, 15) is 43.5 Å². The van der Waals surface area contributed by atoms with Crippen LogP contribution in [0.15, 0.2) is 15.8 Å². The monoisotopic (exact) mass is 572 g/mol. The summed E-state index contributed by atoms with van der Waals surface area (Å²) in [6.45, 7) is 3.33. The molecule has 37 heavy (non-hydrogen) atoms. The summed E-state index contributed by atoms with van der Waals surface area (Å²) in [5.41, 5.74) is -1.22. The highest BCUT2D eigenvalue weighted by Crippen LogP contribution is 2.59. The number of aromatic amines is 1. The molecule has 0 aromatic carbocycles. The summed E-state index contributed by atoms with van der Waals surface area (Å²) >= 11 is 0. The minimum Gasteiger partial charge on any atom is -0.756 e. The number of aryl methyl sites for hydroxylation is 1. The first-order chi connectivity index (χ1) is 17.1. The van der Waals surface area contributed by atoms with Gasteiger partial charge in [0.05, 0.1) is 24.9 Å². The van der Waals surface area contributed by atoms with Gasteiger partial charge in [0, 0.05) is 25.1 Å². The van der Waals surface area contributed by atoms with Crippen molar-refractivity contribution in [2.24, 2.45) is 0 Å². The predicted octanol–water partition coefficient (Wildman–Crippen LogP) is -1.89. The molecule has 2 aliphatic rings. The molecule has 1 amide bonds. The van der Waals surface area contributed by atoms with Crippen LogP contribution in [0, 0.1) is 6.92 Å². The van der Waals surface area contributed by atoms with Gasteiger partial charge in [-0.05, 0) is 20.3 Å². The number of amides is 1. The third kappa shape index (κ3) is 7.88. The number of carbonyl (C=O) groups excluding carboxylic acids is 1. The molecule has 9 atom stereocenters. The number of aliphatic hydroxyl groups is 2. The zero-order valence-electron chi connectivity index (χ0n) is 19.9. The van der Waals surface area contributed by atoms with Crippen molar-refractivity contribution >= 4 is 21.6 Å². The number of hydrogen-bond donors (Lipinski definition) is 5. The molecule has 19 heteroatoms. The first kappa shape index (κ1) is 29.8. The lowest BCUT2D eigenvalue weighted by Gasteiger charge is -2.40. The average molecular weight is 572 g/mol. The van der Waals surface area contributed by atoms with E-state index in [-0.39, 0.29) is 18.4 Å². The highest BCUT2D eigenvalue weighted by atomic mass is 31.3. The Labute approximate surface area is 209 Å². The Bertz CT molecular complexity index is 1200. The van der Waals surface area contributed by atoms with E-state index in [2.05, 4.69) is 23.7 Å². The smallest absolute Gasteiger partial charge is 0.478 e. The van der Waals surface area contributed by atoms with E-state index in [1.165, 1.54) is 27.0 Å². The Morgan fingerprint density at radius 3 is 2.62 bits per heavy atom. The van der Waals surface area contributed by atoms with Crippen molar-refractivity contribution in [3.63, 3.8) is 0 Å². The fraction of sp³-hybridized carbons (Fsp3) is 0.722. The molecule has 1 aromatic rings. The number of phosphoric ester groups is 2. The number of carbonyl (C=O) groups is 1. The second-order valence-corrected chi connectivity index (χ2v) is 11.6. The van der Waals surface area contributed by atoms with Gasteiger partial charge in [0.1, 0.15) is 18.4 Å². The van der Waals surface area contributed by atoms with Crippen LogP contribution >= 0.6 is 15.6 Å². The number of phosphoric acid groups is 2. The highest BCUT2D eigenvalue weighted by Gasteiger charge is 2.42. The number of nitrogens with zero attached hydrogens (tertiary/aromatic N) is 1. The summed E-state index contributed by atoms with van der Waals surface area (Å²) in [7, 11) is -11.0. The zero-order valence-corrected chi connectivity index (χ0v) is 21.7. The van der Waals surface area contributed by atoms with E-state index < -0.39 is 82.4 Å². The first-order valence-corrected chi connectivity index (χ1v) is 14.0. The van der Waals surface area contributed by atoms with Crippen LogP contribution in [0.25, 0.3) is 0 Å². The van der Waals surface area contributed by atoms with Gasteiger partial charge in [-0.1, -0.05) is 0 Å². The second kappa shape index (κ2) is 11.6. The maximum atomic E-state index is 12.2. The van der Waals surface area contributed by atoms with Crippen LogP contribution in [-0.4, -0.2) is 73.9 Å². The molecule has 17 nitrogen and oxygen atoms in total. The topological polar surface area (TPSA) is 248 Å². The minimum absolute atomic E-state index is 0.141. The number of ether oxygens (including phenoxy) is 2. The van der Waals surface area contributed by atoms with Gasteiger partial charge in [-0.25, -0.2) is 13.7 Å². The van der Waals surface area contributed by atoms with E-state index in [1.807, 2.05) is 0 Å². The Kier molecular flexibility index (Phi) is 9.31. The van der Waals surface area contributed by atoms with Crippen LogP contribution in [-0.2, 0) is 36.8 Å². The fourth-order valence-electron chi connectivity index (χ4n) is 3.84. The molecular formula is C18H28N3O14P2-. The van der Waals surface area contributed by atoms with Crippen LogP contribution in [0.4, 0.5) is 0 Å². The van der Waals surface area contributed by atoms with E-state index in [4.69, 9.17) is 9.47 Å². The van der Waals surface area contributed by atoms with Crippen molar-refractivity contribution in [1.29, 1.82) is 0 Å². The van der Waals surface area contributed by atoms with E-state index in [0.29, 0.717) is 0 Å². The molecule has 5 N–H and O–H groups in total. The number of H-pyrrole nitrogens is 1. The third-order valence-corrected chi connectivity index (χ3v) is 8.10. The lowest BCUT2D eigenvalue weighted by molar-refractivity contribution is -0.266. The maximum absolute atomic E-state index is 12.2. The van der Waals surface area contributed by atoms with Gasteiger partial charge in [-0.15, -0.1) is 0 Å². The Morgan fingerprint density at radius 1 is 1.30 bits per heavy atom. The van der Waals surface area contributed by atoms with Gasteiger partial charge in [-0.2, -0.15) is 0 Å². The molecule has 2 aliphatic heterocycles. The lowest BCUT2D eigenvalue weighted by Crippen LogP contribution is -2.55. The van der Waals surface area contributed by atoms with Gasteiger partial charge < -0.3 is 34.8 Å². The molecule has 4 unspecified atom stereocenters. The normalized spacial score (nSPS) is 33.4. The Morgan fingerprint density at radius 2 is 1.97 bits per heavy atom. The molecule has 0 radical (unpaired) electrons. The largest absolute Gasteiger partial charge is 0.756 e. The summed E-state index contributed by atoms with van der Waals surface area (Å²) < 4.78 is 49.5. The molecule has 0 bridgehead atoms. The lowest BCUT2D eigenvalue weighted by atomic mass is 10.0. The molecule has 0 saturated carbocycles. The second-order valence-electron chi connectivity index (χ2n) is 8.66. The summed E-state index contributed by atoms with van der Waals surface area (Å²) in [6, 6.07) is -0.920. The summed E-state index contributed by atoms with van der Waals surface area (Å²) in [6.07, 6.45) is -6.58. The standard InChI is InChI=1S/C18H29N3O14P2/c1-8-6-21(18(26)20-16(8)25)14-5-12(23)13(33-14)7-31-36(27,28)35-37(29,30)34-17-15(24)11(19-10(3)22)4-9(2)32-17/h6,9,11-15,17,23-24H,4-5,7H2,1-3H3,(H,19,22)(H,27,28)(H,29,30)(H,20,25,26)/p-1/t9?,11-,12+,13+,14+,15?,17+/m0/s1. The van der Waals surface area contributed by atoms with E-state index in [1.54, 1.807) is 0 Å². The van der Waals surface area contributed by atoms with Crippen molar-refractivity contribution in [1.82, 2.24) is 14.9 Å². The minimum atomic E-state index is -5.63.